The van der Waals surface area contributed by atoms with Crippen LogP contribution in [0.5, 0.6) is 0 Å². The van der Waals surface area contributed by atoms with Crippen LogP contribution in [0, 0.1) is 16.7 Å². The first kappa shape index (κ1) is 8.85. The number of carbonyl (C=O) groups is 1. The topological polar surface area (TPSA) is 37.3 Å². The van der Waals surface area contributed by atoms with Crippen molar-refractivity contribution in [2.45, 2.75) is 20.8 Å². The third kappa shape index (κ3) is 0.886. The Hall–Kier alpha value is -0.240. The van der Waals surface area contributed by atoms with Gasteiger partial charge in [0, 0.05) is 11.3 Å². The molecule has 2 unspecified atom stereocenters. The van der Waals surface area contributed by atoms with Gasteiger partial charge in [-0.05, 0) is 5.41 Å². The predicted molar refractivity (Wildman–Crippen MR) is 43.7 cm³/mol. The zero-order valence-electron chi connectivity index (χ0n) is 7.02. The second kappa shape index (κ2) is 2.13. The molecule has 0 aromatic rings. The Kier molecular flexibility index (Phi) is 1.71. The molecule has 0 bridgehead atoms. The fourth-order valence-electron chi connectivity index (χ4n) is 1.90. The number of aliphatic carboxylic acids is 1. The standard InChI is InChI=1S/C8H13ClO2/c1-7(2)5(6(10)11)8(7,3)4-9/h5H,4H2,1-3H3,(H,10,11). The average molecular weight is 177 g/mol. The fourth-order valence-corrected chi connectivity index (χ4v) is 2.40. The van der Waals surface area contributed by atoms with Crippen LogP contribution in [0.25, 0.3) is 0 Å². The highest BCUT2D eigenvalue weighted by Crippen LogP contribution is 2.69. The Morgan fingerprint density at radius 3 is 2.09 bits per heavy atom. The van der Waals surface area contributed by atoms with Gasteiger partial charge in [0.25, 0.3) is 0 Å². The summed E-state index contributed by atoms with van der Waals surface area (Å²) in [7, 11) is 0. The summed E-state index contributed by atoms with van der Waals surface area (Å²) in [6, 6.07) is 0. The van der Waals surface area contributed by atoms with Gasteiger partial charge in [0.1, 0.15) is 0 Å². The zero-order valence-corrected chi connectivity index (χ0v) is 7.77. The van der Waals surface area contributed by atoms with E-state index in [-0.39, 0.29) is 16.7 Å². The number of halogens is 1. The van der Waals surface area contributed by atoms with Gasteiger partial charge in [0.15, 0.2) is 0 Å². The molecule has 0 spiro atoms. The van der Waals surface area contributed by atoms with Crippen LogP contribution in [-0.4, -0.2) is 17.0 Å². The van der Waals surface area contributed by atoms with Crippen molar-refractivity contribution in [1.82, 2.24) is 0 Å². The third-order valence-corrected chi connectivity index (χ3v) is 3.83. The van der Waals surface area contributed by atoms with Gasteiger partial charge in [0.05, 0.1) is 5.92 Å². The Labute approximate surface area is 71.5 Å². The lowest BCUT2D eigenvalue weighted by molar-refractivity contribution is -0.139. The molecule has 0 aromatic carbocycles. The molecule has 3 heteroatoms. The van der Waals surface area contributed by atoms with Gasteiger partial charge in [-0.3, -0.25) is 4.79 Å². The summed E-state index contributed by atoms with van der Waals surface area (Å²) < 4.78 is 0. The van der Waals surface area contributed by atoms with Gasteiger partial charge in [-0.25, -0.2) is 0 Å². The summed E-state index contributed by atoms with van der Waals surface area (Å²) in [6.07, 6.45) is 0. The van der Waals surface area contributed by atoms with E-state index in [1.165, 1.54) is 0 Å². The maximum absolute atomic E-state index is 10.7. The van der Waals surface area contributed by atoms with Crippen LogP contribution in [0.1, 0.15) is 20.8 Å². The number of rotatable bonds is 2. The summed E-state index contributed by atoms with van der Waals surface area (Å²) in [5.41, 5.74) is -0.346. The highest BCUT2D eigenvalue weighted by atomic mass is 35.5. The van der Waals surface area contributed by atoms with Crippen molar-refractivity contribution in [1.29, 1.82) is 0 Å². The van der Waals surface area contributed by atoms with Crippen molar-refractivity contribution in [3.63, 3.8) is 0 Å². The highest BCUT2D eigenvalue weighted by molar-refractivity contribution is 6.19. The molecule has 1 aliphatic rings. The number of hydrogen-bond donors (Lipinski definition) is 1. The molecule has 1 rings (SSSR count). The van der Waals surface area contributed by atoms with Crippen LogP contribution >= 0.6 is 11.6 Å². The molecule has 1 aliphatic carbocycles. The van der Waals surface area contributed by atoms with Crippen molar-refractivity contribution < 1.29 is 9.90 Å². The second-order valence-electron chi connectivity index (χ2n) is 4.04. The Morgan fingerprint density at radius 1 is 1.55 bits per heavy atom. The summed E-state index contributed by atoms with van der Waals surface area (Å²) in [5.74, 6) is -0.567. The molecular formula is C8H13ClO2. The Bertz CT molecular complexity index is 200. The third-order valence-electron chi connectivity index (χ3n) is 3.27. The second-order valence-corrected chi connectivity index (χ2v) is 4.31. The SMILES string of the molecule is CC1(C)C(C(=O)O)C1(C)CCl. The smallest absolute Gasteiger partial charge is 0.307 e. The molecule has 1 fully saturated rings. The molecule has 0 aromatic heterocycles. The monoisotopic (exact) mass is 176 g/mol. The largest absolute Gasteiger partial charge is 0.481 e. The van der Waals surface area contributed by atoms with E-state index in [0.717, 1.165) is 0 Å². The normalized spacial score (nSPS) is 40.2. The lowest BCUT2D eigenvalue weighted by Crippen LogP contribution is -2.07. The summed E-state index contributed by atoms with van der Waals surface area (Å²) >= 11 is 5.70. The molecule has 0 aliphatic heterocycles. The molecule has 11 heavy (non-hydrogen) atoms. The van der Waals surface area contributed by atoms with Gasteiger partial charge >= 0.3 is 5.97 Å². The molecule has 2 atom stereocenters. The van der Waals surface area contributed by atoms with Gasteiger partial charge in [-0.1, -0.05) is 20.8 Å². The van der Waals surface area contributed by atoms with Crippen LogP contribution in [0.2, 0.25) is 0 Å². The maximum atomic E-state index is 10.7. The summed E-state index contributed by atoms with van der Waals surface area (Å²) in [5, 5.41) is 8.80. The van der Waals surface area contributed by atoms with E-state index in [1.54, 1.807) is 0 Å². The fraction of sp³-hybridized carbons (Fsp3) is 0.875. The molecular weight excluding hydrogens is 164 g/mol. The molecule has 0 saturated heterocycles. The van der Waals surface area contributed by atoms with Crippen molar-refractivity contribution in [2.75, 3.05) is 5.88 Å². The van der Waals surface area contributed by atoms with Crippen molar-refractivity contribution >= 4 is 17.6 Å². The van der Waals surface area contributed by atoms with E-state index >= 15 is 0 Å². The van der Waals surface area contributed by atoms with Crippen LogP contribution in [0.4, 0.5) is 0 Å². The Balaban J connectivity index is 2.83. The molecule has 0 heterocycles. The van der Waals surface area contributed by atoms with Gasteiger partial charge in [-0.2, -0.15) is 0 Å². The summed E-state index contributed by atoms with van der Waals surface area (Å²) in [4.78, 5) is 10.7. The molecule has 0 amide bonds. The van der Waals surface area contributed by atoms with Crippen LogP contribution in [-0.2, 0) is 4.79 Å². The van der Waals surface area contributed by atoms with E-state index < -0.39 is 5.97 Å². The predicted octanol–water partition coefficient (Wildman–Crippen LogP) is 1.97. The maximum Gasteiger partial charge on any atom is 0.307 e. The van der Waals surface area contributed by atoms with Gasteiger partial charge in [0.2, 0.25) is 0 Å². The lowest BCUT2D eigenvalue weighted by atomic mass is 10.0. The number of hydrogen-bond acceptors (Lipinski definition) is 1. The Morgan fingerprint density at radius 2 is 2.00 bits per heavy atom. The van der Waals surface area contributed by atoms with E-state index in [1.807, 2.05) is 20.8 Å². The van der Waals surface area contributed by atoms with E-state index in [2.05, 4.69) is 0 Å². The first-order chi connectivity index (χ1) is 4.88. The van der Waals surface area contributed by atoms with Crippen LogP contribution < -0.4 is 0 Å². The van der Waals surface area contributed by atoms with E-state index in [0.29, 0.717) is 5.88 Å². The molecule has 1 saturated carbocycles. The van der Waals surface area contributed by atoms with E-state index in [9.17, 15) is 4.79 Å². The van der Waals surface area contributed by atoms with Gasteiger partial charge < -0.3 is 5.11 Å². The van der Waals surface area contributed by atoms with Crippen molar-refractivity contribution in [2.24, 2.45) is 16.7 Å². The van der Waals surface area contributed by atoms with Crippen molar-refractivity contribution in [3.8, 4) is 0 Å². The number of carboxylic acid groups (broad SMARTS) is 1. The first-order valence-corrected chi connectivity index (χ1v) is 4.20. The first-order valence-electron chi connectivity index (χ1n) is 3.66. The molecule has 0 radical (unpaired) electrons. The average Bonchev–Trinajstić information content (AvgIpc) is 2.29. The quantitative estimate of drug-likeness (QED) is 0.654. The van der Waals surface area contributed by atoms with Crippen molar-refractivity contribution in [3.05, 3.63) is 0 Å². The van der Waals surface area contributed by atoms with Crippen LogP contribution in [0.15, 0.2) is 0 Å². The lowest BCUT2D eigenvalue weighted by Gasteiger charge is -2.07. The molecule has 2 nitrogen and oxygen atoms in total. The number of carboxylic acids is 1. The van der Waals surface area contributed by atoms with E-state index in [4.69, 9.17) is 16.7 Å². The molecule has 64 valence electrons. The minimum absolute atomic E-state index is 0.138. The minimum atomic E-state index is -0.724. The zero-order chi connectivity index (χ0) is 8.86. The summed E-state index contributed by atoms with van der Waals surface area (Å²) in [6.45, 7) is 5.83. The van der Waals surface area contributed by atoms with Crippen LogP contribution in [0.3, 0.4) is 0 Å². The minimum Gasteiger partial charge on any atom is -0.481 e. The van der Waals surface area contributed by atoms with Gasteiger partial charge in [-0.15, -0.1) is 11.6 Å². The highest BCUT2D eigenvalue weighted by Gasteiger charge is 2.71. The number of alkyl halides is 1. The molecule has 1 N–H and O–H groups in total.